The van der Waals surface area contributed by atoms with E-state index in [4.69, 9.17) is 0 Å². The second-order valence-electron chi connectivity index (χ2n) is 10.1. The lowest BCUT2D eigenvalue weighted by Crippen LogP contribution is -2.46. The van der Waals surface area contributed by atoms with Gasteiger partial charge in [0.05, 0.1) is 5.75 Å². The number of piperazine rings is 1. The van der Waals surface area contributed by atoms with Crippen molar-refractivity contribution >= 4 is 21.6 Å². The number of carbonyl (C=O) groups is 1. The molecular weight excluding hydrogens is 524 g/mol. The van der Waals surface area contributed by atoms with E-state index < -0.39 is 15.9 Å². The zero-order valence-electron chi connectivity index (χ0n) is 22.4. The van der Waals surface area contributed by atoms with Crippen LogP contribution in [0.2, 0.25) is 0 Å². The normalized spacial score (nSPS) is 14.2. The Labute approximate surface area is 235 Å². The molecule has 1 aliphatic heterocycles. The van der Waals surface area contributed by atoms with Gasteiger partial charge in [-0.05, 0) is 47.0 Å². The molecule has 0 spiro atoms. The van der Waals surface area contributed by atoms with Crippen LogP contribution in [0.15, 0.2) is 97.3 Å². The third-order valence-corrected chi connectivity index (χ3v) is 8.23. The Balaban J connectivity index is 1.17. The Morgan fingerprint density at radius 3 is 2.27 bits per heavy atom. The Hall–Kier alpha value is -4.21. The predicted octanol–water partition coefficient (Wildman–Crippen LogP) is 3.47. The van der Waals surface area contributed by atoms with Crippen LogP contribution in [0.3, 0.4) is 0 Å². The monoisotopic (exact) mass is 557 g/mol. The van der Waals surface area contributed by atoms with Crippen molar-refractivity contribution in [3.8, 4) is 16.9 Å². The number of hydrogen-bond donors (Lipinski definition) is 2. The Morgan fingerprint density at radius 2 is 1.57 bits per heavy atom. The standard InChI is InChI=1S/C31H32N4O4S/c1-33-20-27(19-29(36)22-33)30-10-6-5-9-26(30)21-34-15-17-35(18-16-34)28-13-11-25(12-14-28)31(37)32-40(38,39)23-24-7-3-2-4-8-24/h2-14,19-20,22H,15-18,21,23H2,1H3,(H-,32,36,37)/p+1. The molecule has 9 heteroatoms. The van der Waals surface area contributed by atoms with Crippen LogP contribution in [0.4, 0.5) is 5.69 Å². The molecule has 1 fully saturated rings. The number of anilines is 1. The fourth-order valence-electron chi connectivity index (χ4n) is 5.04. The van der Waals surface area contributed by atoms with Gasteiger partial charge in [-0.15, -0.1) is 0 Å². The van der Waals surface area contributed by atoms with Crippen molar-refractivity contribution in [1.82, 2.24) is 9.62 Å². The summed E-state index contributed by atoms with van der Waals surface area (Å²) in [6.45, 7) is 4.23. The first-order chi connectivity index (χ1) is 19.3. The molecule has 0 aliphatic carbocycles. The largest absolute Gasteiger partial charge is 0.503 e. The quantitative estimate of drug-likeness (QED) is 0.323. The average molecular weight is 558 g/mol. The number of carbonyl (C=O) groups excluding carboxylic acids is 1. The van der Waals surface area contributed by atoms with Gasteiger partial charge in [-0.2, -0.15) is 0 Å². The summed E-state index contributed by atoms with van der Waals surface area (Å²) in [7, 11) is -1.90. The molecule has 3 aromatic carbocycles. The zero-order chi connectivity index (χ0) is 28.1. The molecule has 2 N–H and O–H groups in total. The molecule has 1 saturated heterocycles. The number of nitrogens with one attached hydrogen (secondary N) is 1. The number of aryl methyl sites for hydroxylation is 1. The van der Waals surface area contributed by atoms with Crippen LogP contribution in [0.5, 0.6) is 5.75 Å². The molecule has 1 aromatic heterocycles. The lowest BCUT2D eigenvalue weighted by atomic mass is 10.00. The topological polar surface area (TPSA) is 93.8 Å². The van der Waals surface area contributed by atoms with E-state index in [9.17, 15) is 18.3 Å². The predicted molar refractivity (Wildman–Crippen MR) is 155 cm³/mol. The number of amides is 1. The molecular formula is C31H33N4O4S+. The van der Waals surface area contributed by atoms with Crippen molar-refractivity contribution in [2.45, 2.75) is 12.3 Å². The first-order valence-corrected chi connectivity index (χ1v) is 14.8. The van der Waals surface area contributed by atoms with E-state index in [2.05, 4.69) is 26.7 Å². The Bertz CT molecular complexity index is 1560. The van der Waals surface area contributed by atoms with Crippen molar-refractivity contribution in [1.29, 1.82) is 0 Å². The number of benzene rings is 3. The van der Waals surface area contributed by atoms with Crippen molar-refractivity contribution in [2.75, 3.05) is 31.1 Å². The molecule has 5 rings (SSSR count). The van der Waals surface area contributed by atoms with Crippen molar-refractivity contribution in [3.05, 3.63) is 114 Å². The van der Waals surface area contributed by atoms with Crippen LogP contribution >= 0.6 is 0 Å². The Morgan fingerprint density at radius 1 is 0.900 bits per heavy atom. The van der Waals surface area contributed by atoms with Gasteiger partial charge in [0.15, 0.2) is 11.9 Å². The van der Waals surface area contributed by atoms with Gasteiger partial charge in [0.25, 0.3) is 5.91 Å². The lowest BCUT2D eigenvalue weighted by molar-refractivity contribution is -0.671. The van der Waals surface area contributed by atoms with Gasteiger partial charge in [0.2, 0.25) is 16.2 Å². The van der Waals surface area contributed by atoms with E-state index >= 15 is 0 Å². The molecule has 0 bridgehead atoms. The SMILES string of the molecule is C[n+]1cc(O)cc(-c2ccccc2CN2CCN(c3ccc(C(=O)NS(=O)(=O)Cc4ccccc4)cc3)CC2)c1. The fraction of sp³-hybridized carbons (Fsp3) is 0.226. The Kier molecular flexibility index (Phi) is 8.14. The number of rotatable bonds is 8. The highest BCUT2D eigenvalue weighted by Crippen LogP contribution is 2.27. The molecule has 2 heterocycles. The van der Waals surface area contributed by atoms with E-state index in [1.54, 1.807) is 48.7 Å². The van der Waals surface area contributed by atoms with Crippen LogP contribution < -0.4 is 14.2 Å². The maximum atomic E-state index is 12.6. The minimum atomic E-state index is -3.80. The van der Waals surface area contributed by atoms with Crippen LogP contribution in [-0.4, -0.2) is 50.5 Å². The van der Waals surface area contributed by atoms with Crippen LogP contribution in [-0.2, 0) is 29.4 Å². The second kappa shape index (κ2) is 11.9. The lowest BCUT2D eigenvalue weighted by Gasteiger charge is -2.36. The molecule has 40 heavy (non-hydrogen) atoms. The number of hydrogen-bond acceptors (Lipinski definition) is 6. The van der Waals surface area contributed by atoms with Crippen molar-refractivity contribution in [2.24, 2.45) is 7.05 Å². The number of pyridine rings is 1. The highest BCUT2D eigenvalue weighted by atomic mass is 32.2. The van der Waals surface area contributed by atoms with E-state index in [1.807, 2.05) is 48.1 Å². The zero-order valence-corrected chi connectivity index (χ0v) is 23.2. The number of aromatic nitrogens is 1. The minimum Gasteiger partial charge on any atom is -0.503 e. The smallest absolute Gasteiger partial charge is 0.264 e. The first kappa shape index (κ1) is 27.4. The molecule has 1 aliphatic rings. The fourth-order valence-corrected chi connectivity index (χ4v) is 6.15. The third kappa shape index (κ3) is 6.86. The van der Waals surface area contributed by atoms with E-state index in [1.165, 1.54) is 5.56 Å². The van der Waals surface area contributed by atoms with Crippen LogP contribution in [0.1, 0.15) is 21.5 Å². The summed E-state index contributed by atoms with van der Waals surface area (Å²) < 4.78 is 28.9. The molecule has 0 atom stereocenters. The van der Waals surface area contributed by atoms with E-state index in [0.717, 1.165) is 49.5 Å². The minimum absolute atomic E-state index is 0.237. The molecule has 8 nitrogen and oxygen atoms in total. The summed E-state index contributed by atoms with van der Waals surface area (Å²) in [6.07, 6.45) is 3.69. The summed E-state index contributed by atoms with van der Waals surface area (Å²) in [6, 6.07) is 25.9. The van der Waals surface area contributed by atoms with Crippen molar-refractivity contribution in [3.63, 3.8) is 0 Å². The van der Waals surface area contributed by atoms with Gasteiger partial charge in [-0.1, -0.05) is 54.6 Å². The number of nitrogens with zero attached hydrogens (tertiary/aromatic N) is 3. The molecule has 0 radical (unpaired) electrons. The van der Waals surface area contributed by atoms with E-state index in [-0.39, 0.29) is 11.5 Å². The summed E-state index contributed by atoms with van der Waals surface area (Å²) >= 11 is 0. The molecule has 0 saturated carbocycles. The maximum absolute atomic E-state index is 12.6. The second-order valence-corrected chi connectivity index (χ2v) is 11.8. The molecule has 0 unspecified atom stereocenters. The number of sulfonamides is 1. The molecule has 206 valence electrons. The van der Waals surface area contributed by atoms with Gasteiger partial charge < -0.3 is 10.0 Å². The van der Waals surface area contributed by atoms with Gasteiger partial charge >= 0.3 is 0 Å². The van der Waals surface area contributed by atoms with Crippen LogP contribution in [0, 0.1) is 0 Å². The molecule has 4 aromatic rings. The maximum Gasteiger partial charge on any atom is 0.264 e. The van der Waals surface area contributed by atoms with Crippen molar-refractivity contribution < 1.29 is 22.9 Å². The highest BCUT2D eigenvalue weighted by molar-refractivity contribution is 7.89. The van der Waals surface area contributed by atoms with Gasteiger partial charge in [-0.3, -0.25) is 9.69 Å². The number of aromatic hydroxyl groups is 1. The summed E-state index contributed by atoms with van der Waals surface area (Å²) in [5.41, 5.74) is 5.21. The van der Waals surface area contributed by atoms with E-state index in [0.29, 0.717) is 11.1 Å². The van der Waals surface area contributed by atoms with Crippen LogP contribution in [0.25, 0.3) is 11.1 Å². The third-order valence-electron chi connectivity index (χ3n) is 7.02. The summed E-state index contributed by atoms with van der Waals surface area (Å²) in [5, 5.41) is 10.1. The van der Waals surface area contributed by atoms with Gasteiger partial charge in [0, 0.05) is 49.5 Å². The highest BCUT2D eigenvalue weighted by Gasteiger charge is 2.21. The first-order valence-electron chi connectivity index (χ1n) is 13.2. The summed E-state index contributed by atoms with van der Waals surface area (Å²) in [4.78, 5) is 17.3. The van der Waals surface area contributed by atoms with Gasteiger partial charge in [0.1, 0.15) is 7.05 Å². The van der Waals surface area contributed by atoms with Gasteiger partial charge in [-0.25, -0.2) is 17.7 Å². The average Bonchev–Trinajstić information content (AvgIpc) is 2.93. The summed E-state index contributed by atoms with van der Waals surface area (Å²) in [5.74, 6) is -0.647. The molecule has 1 amide bonds.